The maximum absolute atomic E-state index is 12.1. The van der Waals surface area contributed by atoms with Crippen LogP contribution in [0.15, 0.2) is 29.2 Å². The van der Waals surface area contributed by atoms with E-state index >= 15 is 0 Å². The molecular formula is C7H6BF3KN3O. The Balaban J connectivity index is 0.00000128. The van der Waals surface area contributed by atoms with Crippen molar-refractivity contribution in [3.8, 4) is 0 Å². The van der Waals surface area contributed by atoms with E-state index in [0.29, 0.717) is 4.68 Å². The van der Waals surface area contributed by atoms with Crippen LogP contribution in [0, 0.1) is 0 Å². The Morgan fingerprint density at radius 3 is 2.56 bits per heavy atom. The summed E-state index contributed by atoms with van der Waals surface area (Å²) in [5.41, 5.74) is -0.563. The first-order valence-corrected chi connectivity index (χ1v) is 4.22. The number of aromatic nitrogens is 3. The number of rotatable bonds is 2. The summed E-state index contributed by atoms with van der Waals surface area (Å²) >= 11 is 0. The molecule has 0 aliphatic heterocycles. The van der Waals surface area contributed by atoms with E-state index in [1.165, 1.54) is 12.3 Å². The zero-order chi connectivity index (χ0) is 11.1. The molecule has 0 unspecified atom stereocenters. The summed E-state index contributed by atoms with van der Waals surface area (Å²) in [5, 5.41) is 3.56. The molecule has 0 N–H and O–H groups in total. The monoisotopic (exact) mass is 255 g/mol. The molecule has 0 saturated carbocycles. The van der Waals surface area contributed by atoms with Gasteiger partial charge in [-0.25, -0.2) is 9.48 Å². The third-order valence-corrected chi connectivity index (χ3v) is 1.87. The molecule has 0 atom stereocenters. The molecule has 9 heteroatoms. The Morgan fingerprint density at radius 2 is 2.00 bits per heavy atom. The zero-order valence-electron chi connectivity index (χ0n) is 8.48. The average Bonchev–Trinajstić information content (AvgIpc) is 2.42. The van der Waals surface area contributed by atoms with Crippen LogP contribution >= 0.6 is 0 Å². The molecule has 0 saturated heterocycles. The number of halogens is 3. The van der Waals surface area contributed by atoms with Crippen molar-refractivity contribution in [3.63, 3.8) is 0 Å². The number of fused-ring (bicyclic) bond motifs is 1. The normalized spacial score (nSPS) is 11.4. The van der Waals surface area contributed by atoms with Gasteiger partial charge in [0.1, 0.15) is 0 Å². The molecule has 4 nitrogen and oxygen atoms in total. The molecule has 0 bridgehead atoms. The van der Waals surface area contributed by atoms with Crippen LogP contribution in [-0.4, -0.2) is 21.2 Å². The molecule has 0 radical (unpaired) electrons. The number of nitrogens with zero attached hydrogens (tertiary/aromatic N) is 3. The smallest absolute Gasteiger partial charge is 0.448 e. The van der Waals surface area contributed by atoms with Gasteiger partial charge in [0.15, 0.2) is 5.65 Å². The van der Waals surface area contributed by atoms with Crippen molar-refractivity contribution in [2.75, 3.05) is 0 Å². The Bertz CT molecular complexity index is 550. The van der Waals surface area contributed by atoms with E-state index in [0.717, 1.165) is 4.40 Å². The molecule has 2 heterocycles. The van der Waals surface area contributed by atoms with Crippen molar-refractivity contribution in [3.05, 3.63) is 34.9 Å². The van der Waals surface area contributed by atoms with E-state index < -0.39 is 19.1 Å². The van der Waals surface area contributed by atoms with Crippen molar-refractivity contribution in [2.45, 2.75) is 6.44 Å². The number of hydrogen-bond donors (Lipinski definition) is 0. The van der Waals surface area contributed by atoms with Crippen molar-refractivity contribution >= 4 is 12.6 Å². The summed E-state index contributed by atoms with van der Waals surface area (Å²) in [6.07, 6.45) is 0.0745. The summed E-state index contributed by atoms with van der Waals surface area (Å²) in [7, 11) is 0. The van der Waals surface area contributed by atoms with Gasteiger partial charge in [-0.05, 0) is 12.1 Å². The van der Waals surface area contributed by atoms with Gasteiger partial charge in [0, 0.05) is 12.6 Å². The van der Waals surface area contributed by atoms with Crippen molar-refractivity contribution in [1.29, 1.82) is 0 Å². The van der Waals surface area contributed by atoms with Gasteiger partial charge in [0.2, 0.25) is 0 Å². The molecule has 0 fully saturated rings. The topological polar surface area (TPSA) is 39.3 Å². The Hall–Kier alpha value is -0.0887. The first-order valence-electron chi connectivity index (χ1n) is 4.22. The van der Waals surface area contributed by atoms with Crippen molar-refractivity contribution in [2.24, 2.45) is 0 Å². The molecule has 2 aromatic rings. The van der Waals surface area contributed by atoms with E-state index in [2.05, 4.69) is 5.10 Å². The number of hydrogen-bond acceptors (Lipinski definition) is 2. The van der Waals surface area contributed by atoms with E-state index in [4.69, 9.17) is 0 Å². The minimum absolute atomic E-state index is 0. The quantitative estimate of drug-likeness (QED) is 0.576. The number of pyridine rings is 1. The standard InChI is InChI=1S/C7H6BF3N3O.K/c9-8(10,11)5-14-7(15)13-4-2-1-3-6(13)12-14;/h1-4H,5H2;/q-1;+1. The fraction of sp³-hybridized carbons (Fsp3) is 0.143. The van der Waals surface area contributed by atoms with Gasteiger partial charge in [-0.2, -0.15) is 5.10 Å². The minimum atomic E-state index is -5.06. The van der Waals surface area contributed by atoms with Gasteiger partial charge in [-0.3, -0.25) is 4.40 Å². The first kappa shape index (κ1) is 14.0. The maximum atomic E-state index is 12.1. The first-order chi connectivity index (χ1) is 6.97. The predicted octanol–water partition coefficient (Wildman–Crippen LogP) is -2.11. The summed E-state index contributed by atoms with van der Waals surface area (Å²) in [4.78, 5) is 11.4. The largest absolute Gasteiger partial charge is 1.00 e. The second-order valence-electron chi connectivity index (χ2n) is 3.10. The minimum Gasteiger partial charge on any atom is -0.448 e. The second-order valence-corrected chi connectivity index (χ2v) is 3.10. The molecule has 0 aromatic carbocycles. The molecule has 2 aromatic heterocycles. The van der Waals surface area contributed by atoms with Crippen LogP contribution in [-0.2, 0) is 6.44 Å². The van der Waals surface area contributed by atoms with Gasteiger partial charge >= 0.3 is 64.1 Å². The molecule has 0 aliphatic rings. The molecule has 80 valence electrons. The molecular weight excluding hydrogens is 249 g/mol. The maximum Gasteiger partial charge on any atom is 1.00 e. The van der Waals surface area contributed by atoms with Gasteiger partial charge in [0.25, 0.3) is 0 Å². The van der Waals surface area contributed by atoms with Crippen molar-refractivity contribution in [1.82, 2.24) is 14.2 Å². The van der Waals surface area contributed by atoms with E-state index in [1.807, 2.05) is 0 Å². The summed E-state index contributed by atoms with van der Waals surface area (Å²) in [6, 6.07) is 4.63. The Morgan fingerprint density at radius 1 is 1.31 bits per heavy atom. The van der Waals surface area contributed by atoms with E-state index in [-0.39, 0.29) is 57.0 Å². The zero-order valence-corrected chi connectivity index (χ0v) is 11.6. The van der Waals surface area contributed by atoms with E-state index in [9.17, 15) is 17.7 Å². The summed E-state index contributed by atoms with van der Waals surface area (Å²) in [5.74, 6) is 0. The molecule has 0 spiro atoms. The van der Waals surface area contributed by atoms with Crippen LogP contribution in [0.25, 0.3) is 5.65 Å². The van der Waals surface area contributed by atoms with Crippen molar-refractivity contribution < 1.29 is 64.3 Å². The SMILES string of the molecule is O=c1n(C[B-](F)(F)F)nc2ccccn12.[K+]. The molecule has 0 amide bonds. The summed E-state index contributed by atoms with van der Waals surface area (Å²) < 4.78 is 37.8. The van der Waals surface area contributed by atoms with Crippen LogP contribution in [0.4, 0.5) is 12.9 Å². The molecule has 2 rings (SSSR count). The van der Waals surface area contributed by atoms with Gasteiger partial charge in [0.05, 0.1) is 0 Å². The average molecular weight is 255 g/mol. The van der Waals surface area contributed by atoms with Crippen LogP contribution < -0.4 is 57.1 Å². The third kappa shape index (κ3) is 2.98. The van der Waals surface area contributed by atoms with Crippen LogP contribution in [0.5, 0.6) is 0 Å². The Kier molecular flexibility index (Phi) is 4.41. The predicted molar refractivity (Wildman–Crippen MR) is 48.5 cm³/mol. The van der Waals surface area contributed by atoms with Gasteiger partial charge in [-0.15, -0.1) is 0 Å². The molecule has 0 aliphatic carbocycles. The molecule has 16 heavy (non-hydrogen) atoms. The third-order valence-electron chi connectivity index (χ3n) is 1.87. The summed E-state index contributed by atoms with van der Waals surface area (Å²) in [6.45, 7) is -5.06. The second kappa shape index (κ2) is 5.05. The Labute approximate surface area is 131 Å². The van der Waals surface area contributed by atoms with Crippen LogP contribution in [0.3, 0.4) is 0 Å². The fourth-order valence-corrected chi connectivity index (χ4v) is 1.28. The van der Waals surface area contributed by atoms with Crippen LogP contribution in [0.2, 0.25) is 0 Å². The fourth-order valence-electron chi connectivity index (χ4n) is 1.28. The van der Waals surface area contributed by atoms with Crippen LogP contribution in [0.1, 0.15) is 0 Å². The van der Waals surface area contributed by atoms with Gasteiger partial charge < -0.3 is 12.9 Å². The van der Waals surface area contributed by atoms with Gasteiger partial charge in [-0.1, -0.05) is 6.07 Å². The van der Waals surface area contributed by atoms with E-state index in [1.54, 1.807) is 12.1 Å².